The maximum absolute atomic E-state index is 5.95. The number of ether oxygens (including phenoxy) is 1. The maximum atomic E-state index is 5.95. The number of H-pyrrole nitrogens is 1. The minimum atomic E-state index is 0.00643. The standard InChI is InChI=1S/C17H28N6O/c1-12-15(13(2)22(5)20-12)10-23-6-7-24-16(11-23)17-18-8-14(19-17)9-21(3)4/h8,16H,6-7,9-11H2,1-5H3,(H,18,19)/t16-/m1/s1. The number of nitrogens with zero attached hydrogens (tertiary/aromatic N) is 5. The van der Waals surface area contributed by atoms with E-state index in [0.29, 0.717) is 0 Å². The van der Waals surface area contributed by atoms with Crippen LogP contribution in [-0.2, 0) is 24.9 Å². The highest BCUT2D eigenvalue weighted by atomic mass is 16.5. The third-order valence-corrected chi connectivity index (χ3v) is 4.63. The van der Waals surface area contributed by atoms with Crippen LogP contribution in [0.25, 0.3) is 0 Å². The molecule has 0 spiro atoms. The molecule has 1 aliphatic rings. The molecule has 0 unspecified atom stereocenters. The van der Waals surface area contributed by atoms with E-state index in [-0.39, 0.29) is 6.10 Å². The molecule has 0 aliphatic carbocycles. The molecule has 1 saturated heterocycles. The molecule has 1 N–H and O–H groups in total. The van der Waals surface area contributed by atoms with Crippen LogP contribution in [0.4, 0.5) is 0 Å². The fourth-order valence-corrected chi connectivity index (χ4v) is 3.24. The lowest BCUT2D eigenvalue weighted by Crippen LogP contribution is -2.38. The average molecular weight is 332 g/mol. The van der Waals surface area contributed by atoms with Crippen LogP contribution in [-0.4, -0.2) is 63.3 Å². The Labute approximate surface area is 143 Å². The van der Waals surface area contributed by atoms with Crippen molar-refractivity contribution in [2.24, 2.45) is 7.05 Å². The number of hydrogen-bond donors (Lipinski definition) is 1. The Hall–Kier alpha value is -1.70. The molecular weight excluding hydrogens is 304 g/mol. The first-order valence-corrected chi connectivity index (χ1v) is 8.45. The van der Waals surface area contributed by atoms with Crippen molar-refractivity contribution in [1.82, 2.24) is 29.5 Å². The van der Waals surface area contributed by atoms with Crippen molar-refractivity contribution in [3.8, 4) is 0 Å². The molecular formula is C17H28N6O. The predicted molar refractivity (Wildman–Crippen MR) is 92.6 cm³/mol. The number of aromatic nitrogens is 4. The number of morpholine rings is 1. The summed E-state index contributed by atoms with van der Waals surface area (Å²) < 4.78 is 7.91. The van der Waals surface area contributed by atoms with Crippen LogP contribution >= 0.6 is 0 Å². The Morgan fingerprint density at radius 1 is 1.38 bits per heavy atom. The van der Waals surface area contributed by atoms with E-state index in [2.05, 4.69) is 52.8 Å². The Bertz CT molecular complexity index is 689. The van der Waals surface area contributed by atoms with E-state index in [1.54, 1.807) is 0 Å². The van der Waals surface area contributed by atoms with Crippen LogP contribution in [0.2, 0.25) is 0 Å². The Kier molecular flexibility index (Phi) is 5.03. The van der Waals surface area contributed by atoms with E-state index in [4.69, 9.17) is 4.74 Å². The predicted octanol–water partition coefficient (Wildman–Crippen LogP) is 1.40. The fourth-order valence-electron chi connectivity index (χ4n) is 3.24. The molecule has 0 saturated carbocycles. The quantitative estimate of drug-likeness (QED) is 0.897. The molecule has 132 valence electrons. The van der Waals surface area contributed by atoms with Crippen molar-refractivity contribution in [1.29, 1.82) is 0 Å². The first-order chi connectivity index (χ1) is 11.4. The van der Waals surface area contributed by atoms with Gasteiger partial charge in [0.05, 0.1) is 12.3 Å². The maximum Gasteiger partial charge on any atom is 0.136 e. The first kappa shape index (κ1) is 17.1. The number of imidazole rings is 1. The minimum Gasteiger partial charge on any atom is -0.368 e. The van der Waals surface area contributed by atoms with Gasteiger partial charge in [0.2, 0.25) is 0 Å². The van der Waals surface area contributed by atoms with Gasteiger partial charge in [-0.2, -0.15) is 5.10 Å². The summed E-state index contributed by atoms with van der Waals surface area (Å²) in [4.78, 5) is 12.5. The van der Waals surface area contributed by atoms with E-state index in [1.807, 2.05) is 17.9 Å². The summed E-state index contributed by atoms with van der Waals surface area (Å²) in [7, 11) is 6.11. The molecule has 24 heavy (non-hydrogen) atoms. The van der Waals surface area contributed by atoms with Gasteiger partial charge in [0.25, 0.3) is 0 Å². The highest BCUT2D eigenvalue weighted by Gasteiger charge is 2.25. The summed E-state index contributed by atoms with van der Waals surface area (Å²) in [6.07, 6.45) is 1.92. The molecule has 2 aromatic heterocycles. The van der Waals surface area contributed by atoms with Gasteiger partial charge in [-0.1, -0.05) is 0 Å². The number of nitrogens with one attached hydrogen (secondary N) is 1. The monoisotopic (exact) mass is 332 g/mol. The van der Waals surface area contributed by atoms with Crippen molar-refractivity contribution < 1.29 is 4.74 Å². The Morgan fingerprint density at radius 3 is 2.83 bits per heavy atom. The second-order valence-corrected chi connectivity index (χ2v) is 6.90. The number of aromatic amines is 1. The molecule has 3 rings (SSSR count). The molecule has 1 fully saturated rings. The van der Waals surface area contributed by atoms with Gasteiger partial charge in [-0.05, 0) is 27.9 Å². The zero-order valence-corrected chi connectivity index (χ0v) is 15.3. The molecule has 1 aliphatic heterocycles. The zero-order chi connectivity index (χ0) is 17.3. The molecule has 0 radical (unpaired) electrons. The van der Waals surface area contributed by atoms with Crippen LogP contribution in [0.1, 0.15) is 34.6 Å². The largest absolute Gasteiger partial charge is 0.368 e. The SMILES string of the molecule is Cc1nn(C)c(C)c1CN1CCO[C@@H](c2ncc(CN(C)C)[nH]2)C1. The van der Waals surface area contributed by atoms with E-state index in [1.165, 1.54) is 11.3 Å². The van der Waals surface area contributed by atoms with Gasteiger partial charge in [0, 0.05) is 56.4 Å². The van der Waals surface area contributed by atoms with Crippen molar-refractivity contribution >= 4 is 0 Å². The van der Waals surface area contributed by atoms with E-state index in [9.17, 15) is 0 Å². The highest BCUT2D eigenvalue weighted by Crippen LogP contribution is 2.23. The zero-order valence-electron chi connectivity index (χ0n) is 15.3. The first-order valence-electron chi connectivity index (χ1n) is 8.45. The third-order valence-electron chi connectivity index (χ3n) is 4.63. The molecule has 3 heterocycles. The molecule has 2 aromatic rings. The summed E-state index contributed by atoms with van der Waals surface area (Å²) in [5.41, 5.74) is 4.80. The normalized spacial score (nSPS) is 19.3. The molecule has 0 bridgehead atoms. The van der Waals surface area contributed by atoms with Gasteiger partial charge in [-0.15, -0.1) is 0 Å². The molecule has 7 heteroatoms. The van der Waals surface area contributed by atoms with Crippen LogP contribution in [0.15, 0.2) is 6.20 Å². The van der Waals surface area contributed by atoms with E-state index >= 15 is 0 Å². The van der Waals surface area contributed by atoms with Crippen LogP contribution in [0.5, 0.6) is 0 Å². The van der Waals surface area contributed by atoms with E-state index in [0.717, 1.165) is 50.0 Å². The van der Waals surface area contributed by atoms with Gasteiger partial charge in [0.15, 0.2) is 0 Å². The van der Waals surface area contributed by atoms with Crippen molar-refractivity contribution in [2.75, 3.05) is 33.8 Å². The topological polar surface area (TPSA) is 62.2 Å². The summed E-state index contributed by atoms with van der Waals surface area (Å²) in [6, 6.07) is 0. The summed E-state index contributed by atoms with van der Waals surface area (Å²) in [5, 5.41) is 4.52. The van der Waals surface area contributed by atoms with Gasteiger partial charge in [-0.25, -0.2) is 4.98 Å². The molecule has 7 nitrogen and oxygen atoms in total. The lowest BCUT2D eigenvalue weighted by molar-refractivity contribution is -0.0370. The van der Waals surface area contributed by atoms with Crippen molar-refractivity contribution in [3.05, 3.63) is 34.7 Å². The van der Waals surface area contributed by atoms with Gasteiger partial charge >= 0.3 is 0 Å². The van der Waals surface area contributed by atoms with E-state index < -0.39 is 0 Å². The summed E-state index contributed by atoms with van der Waals surface area (Å²) in [6.45, 7) is 8.51. The van der Waals surface area contributed by atoms with Crippen LogP contribution in [0, 0.1) is 13.8 Å². The molecule has 1 atom stereocenters. The van der Waals surface area contributed by atoms with Crippen molar-refractivity contribution in [2.45, 2.75) is 33.0 Å². The lowest BCUT2D eigenvalue weighted by atomic mass is 10.1. The number of aryl methyl sites for hydroxylation is 2. The Morgan fingerprint density at radius 2 is 2.17 bits per heavy atom. The fraction of sp³-hybridized carbons (Fsp3) is 0.647. The van der Waals surface area contributed by atoms with Crippen LogP contribution in [0.3, 0.4) is 0 Å². The minimum absolute atomic E-state index is 0.00643. The number of hydrogen-bond acceptors (Lipinski definition) is 5. The highest BCUT2D eigenvalue weighted by molar-refractivity contribution is 5.24. The summed E-state index contributed by atoms with van der Waals surface area (Å²) in [5.74, 6) is 0.927. The summed E-state index contributed by atoms with van der Waals surface area (Å²) >= 11 is 0. The van der Waals surface area contributed by atoms with Crippen molar-refractivity contribution in [3.63, 3.8) is 0 Å². The smallest absolute Gasteiger partial charge is 0.136 e. The van der Waals surface area contributed by atoms with Gasteiger partial charge in [-0.3, -0.25) is 9.58 Å². The van der Waals surface area contributed by atoms with Gasteiger partial charge < -0.3 is 14.6 Å². The third kappa shape index (κ3) is 3.68. The van der Waals surface area contributed by atoms with Gasteiger partial charge in [0.1, 0.15) is 11.9 Å². The molecule has 0 aromatic carbocycles. The molecule has 0 amide bonds. The second kappa shape index (κ2) is 7.04. The average Bonchev–Trinajstić information content (AvgIpc) is 3.08. The number of rotatable bonds is 5. The lowest BCUT2D eigenvalue weighted by Gasteiger charge is -2.32. The second-order valence-electron chi connectivity index (χ2n) is 6.90. The Balaban J connectivity index is 1.67. The van der Waals surface area contributed by atoms with Crippen LogP contribution < -0.4 is 0 Å².